The molecule has 0 unspecified atom stereocenters. The van der Waals surface area contributed by atoms with Crippen molar-refractivity contribution in [3.05, 3.63) is 0 Å². The highest BCUT2D eigenvalue weighted by atomic mass is 19.3. The number of ether oxygens (including phenoxy) is 1. The van der Waals surface area contributed by atoms with Gasteiger partial charge in [0, 0.05) is 12.8 Å². The maximum Gasteiger partial charge on any atom is 0.319 e. The van der Waals surface area contributed by atoms with E-state index in [1.807, 2.05) is 0 Å². The minimum atomic E-state index is -2.75. The molecular weight excluding hydrogens is 194 g/mol. The number of rotatable bonds is 2. The van der Waals surface area contributed by atoms with Crippen LogP contribution in [-0.2, 0) is 14.3 Å². The topological polar surface area (TPSA) is 43.4 Å². The smallest absolute Gasteiger partial charge is 0.319 e. The van der Waals surface area contributed by atoms with Crippen LogP contribution in [-0.4, -0.2) is 25.3 Å². The van der Waals surface area contributed by atoms with Crippen molar-refractivity contribution in [3.8, 4) is 0 Å². The van der Waals surface area contributed by atoms with E-state index < -0.39 is 30.1 Å². The minimum Gasteiger partial charge on any atom is -0.468 e. The SMILES string of the molecule is COC(=O)C1(C=O)CCC(F)(F)CC1. The molecule has 0 amide bonds. The lowest BCUT2D eigenvalue weighted by atomic mass is 9.74. The first-order valence-corrected chi connectivity index (χ1v) is 4.38. The number of hydrogen-bond acceptors (Lipinski definition) is 3. The van der Waals surface area contributed by atoms with Gasteiger partial charge in [0.05, 0.1) is 7.11 Å². The molecule has 0 aliphatic heterocycles. The third kappa shape index (κ3) is 1.91. The molecule has 1 fully saturated rings. The fourth-order valence-corrected chi connectivity index (χ4v) is 1.64. The molecule has 0 aromatic rings. The zero-order chi connectivity index (χ0) is 10.8. The van der Waals surface area contributed by atoms with Crippen LogP contribution in [0.5, 0.6) is 0 Å². The fraction of sp³-hybridized carbons (Fsp3) is 0.778. The van der Waals surface area contributed by atoms with Crippen molar-refractivity contribution in [1.29, 1.82) is 0 Å². The molecule has 1 aliphatic carbocycles. The quantitative estimate of drug-likeness (QED) is 0.391. The van der Waals surface area contributed by atoms with Crippen molar-refractivity contribution < 1.29 is 23.1 Å². The largest absolute Gasteiger partial charge is 0.468 e. The molecule has 80 valence electrons. The predicted molar refractivity (Wildman–Crippen MR) is 43.9 cm³/mol. The van der Waals surface area contributed by atoms with Crippen LogP contribution in [0.2, 0.25) is 0 Å². The van der Waals surface area contributed by atoms with Gasteiger partial charge in [-0.2, -0.15) is 0 Å². The second kappa shape index (κ2) is 3.63. The normalized spacial score (nSPS) is 23.9. The molecule has 1 rings (SSSR count). The van der Waals surface area contributed by atoms with E-state index in [0.717, 1.165) is 7.11 Å². The Hall–Kier alpha value is -1.00. The van der Waals surface area contributed by atoms with Crippen molar-refractivity contribution in [3.63, 3.8) is 0 Å². The average molecular weight is 206 g/mol. The van der Waals surface area contributed by atoms with Crippen molar-refractivity contribution in [2.24, 2.45) is 5.41 Å². The number of carbonyl (C=O) groups excluding carboxylic acids is 2. The monoisotopic (exact) mass is 206 g/mol. The summed E-state index contributed by atoms with van der Waals surface area (Å²) in [6.45, 7) is 0. The third-order valence-electron chi connectivity index (χ3n) is 2.69. The van der Waals surface area contributed by atoms with Gasteiger partial charge < -0.3 is 9.53 Å². The lowest BCUT2D eigenvalue weighted by molar-refractivity contribution is -0.161. The lowest BCUT2D eigenvalue weighted by Gasteiger charge is -2.33. The first-order chi connectivity index (χ1) is 6.46. The Labute approximate surface area is 80.4 Å². The molecule has 1 saturated carbocycles. The summed E-state index contributed by atoms with van der Waals surface area (Å²) in [6.07, 6.45) is -0.678. The van der Waals surface area contributed by atoms with Crippen molar-refractivity contribution in [2.45, 2.75) is 31.6 Å². The summed E-state index contributed by atoms with van der Waals surface area (Å²) in [6, 6.07) is 0. The van der Waals surface area contributed by atoms with Gasteiger partial charge in [0.25, 0.3) is 0 Å². The van der Waals surface area contributed by atoms with E-state index in [2.05, 4.69) is 4.74 Å². The van der Waals surface area contributed by atoms with E-state index >= 15 is 0 Å². The Bertz CT molecular complexity index is 240. The second-order valence-electron chi connectivity index (χ2n) is 3.62. The summed E-state index contributed by atoms with van der Waals surface area (Å²) < 4.78 is 30.0. The highest BCUT2D eigenvalue weighted by Crippen LogP contribution is 2.42. The van der Waals surface area contributed by atoms with E-state index in [9.17, 15) is 18.4 Å². The predicted octanol–water partition coefficient (Wildman–Crippen LogP) is 1.55. The maximum atomic E-state index is 12.8. The van der Waals surface area contributed by atoms with Crippen LogP contribution in [0.4, 0.5) is 8.78 Å². The Morgan fingerprint density at radius 3 is 2.14 bits per heavy atom. The van der Waals surface area contributed by atoms with Crippen LogP contribution in [0, 0.1) is 5.41 Å². The average Bonchev–Trinajstić information content (AvgIpc) is 2.18. The zero-order valence-electron chi connectivity index (χ0n) is 7.89. The number of methoxy groups -OCH3 is 1. The van der Waals surface area contributed by atoms with Crippen LogP contribution in [0.1, 0.15) is 25.7 Å². The van der Waals surface area contributed by atoms with Gasteiger partial charge in [0.1, 0.15) is 11.7 Å². The molecule has 0 aromatic carbocycles. The molecule has 5 heteroatoms. The summed E-state index contributed by atoms with van der Waals surface area (Å²) in [4.78, 5) is 22.0. The molecule has 0 heterocycles. The van der Waals surface area contributed by atoms with Crippen molar-refractivity contribution in [2.75, 3.05) is 7.11 Å². The zero-order valence-corrected chi connectivity index (χ0v) is 7.89. The van der Waals surface area contributed by atoms with Crippen LogP contribution in [0.15, 0.2) is 0 Å². The van der Waals surface area contributed by atoms with Gasteiger partial charge in [0.2, 0.25) is 5.92 Å². The number of esters is 1. The molecule has 0 radical (unpaired) electrons. The maximum absolute atomic E-state index is 12.8. The van der Waals surface area contributed by atoms with Gasteiger partial charge in [-0.25, -0.2) is 8.78 Å². The van der Waals surface area contributed by atoms with E-state index in [0.29, 0.717) is 6.29 Å². The number of hydrogen-bond donors (Lipinski definition) is 0. The van der Waals surface area contributed by atoms with Gasteiger partial charge in [-0.05, 0) is 12.8 Å². The Balaban J connectivity index is 2.76. The first-order valence-electron chi connectivity index (χ1n) is 4.38. The van der Waals surface area contributed by atoms with Crippen LogP contribution < -0.4 is 0 Å². The highest BCUT2D eigenvalue weighted by molar-refractivity contribution is 5.93. The first kappa shape index (κ1) is 11.1. The summed E-state index contributed by atoms with van der Waals surface area (Å²) >= 11 is 0. The molecule has 1 aliphatic rings. The van der Waals surface area contributed by atoms with Crippen molar-refractivity contribution >= 4 is 12.3 Å². The Kier molecular flexibility index (Phi) is 2.87. The van der Waals surface area contributed by atoms with Crippen molar-refractivity contribution in [1.82, 2.24) is 0 Å². The highest BCUT2D eigenvalue weighted by Gasteiger charge is 2.48. The van der Waals surface area contributed by atoms with Crippen LogP contribution in [0.3, 0.4) is 0 Å². The molecular formula is C9H12F2O3. The molecule has 0 bridgehead atoms. The third-order valence-corrected chi connectivity index (χ3v) is 2.69. The number of aldehydes is 1. The lowest BCUT2D eigenvalue weighted by Crippen LogP contribution is -2.41. The summed E-state index contributed by atoms with van der Waals surface area (Å²) in [5.41, 5.74) is -1.34. The molecule has 0 spiro atoms. The Morgan fingerprint density at radius 2 is 1.79 bits per heavy atom. The molecule has 0 N–H and O–H groups in total. The second-order valence-corrected chi connectivity index (χ2v) is 3.62. The van der Waals surface area contributed by atoms with Gasteiger partial charge in [-0.3, -0.25) is 4.79 Å². The van der Waals surface area contributed by atoms with Crippen LogP contribution >= 0.6 is 0 Å². The van der Waals surface area contributed by atoms with Gasteiger partial charge in [-0.1, -0.05) is 0 Å². The fourth-order valence-electron chi connectivity index (χ4n) is 1.64. The number of alkyl halides is 2. The van der Waals surface area contributed by atoms with E-state index in [1.165, 1.54) is 0 Å². The Morgan fingerprint density at radius 1 is 1.29 bits per heavy atom. The number of carbonyl (C=O) groups is 2. The molecule has 14 heavy (non-hydrogen) atoms. The summed E-state index contributed by atoms with van der Waals surface area (Å²) in [5.74, 6) is -3.46. The molecule has 0 saturated heterocycles. The van der Waals surface area contributed by atoms with Gasteiger partial charge in [0.15, 0.2) is 0 Å². The molecule has 0 aromatic heterocycles. The number of halogens is 2. The van der Waals surface area contributed by atoms with Gasteiger partial charge >= 0.3 is 5.97 Å². The summed E-state index contributed by atoms with van der Waals surface area (Å²) in [7, 11) is 1.15. The van der Waals surface area contributed by atoms with Gasteiger partial charge in [-0.15, -0.1) is 0 Å². The standard InChI is InChI=1S/C9H12F2O3/c1-14-7(13)8(6-12)2-4-9(10,11)5-3-8/h6H,2-5H2,1H3. The summed E-state index contributed by atoms with van der Waals surface area (Å²) in [5, 5.41) is 0. The van der Waals surface area contributed by atoms with E-state index in [-0.39, 0.29) is 12.8 Å². The van der Waals surface area contributed by atoms with Crippen LogP contribution in [0.25, 0.3) is 0 Å². The minimum absolute atomic E-state index is 0.129. The van der Waals surface area contributed by atoms with E-state index in [1.54, 1.807) is 0 Å². The van der Waals surface area contributed by atoms with E-state index in [4.69, 9.17) is 0 Å². The molecule has 0 atom stereocenters. The molecule has 3 nitrogen and oxygen atoms in total.